The Hall–Kier alpha value is -0.160. The van der Waals surface area contributed by atoms with E-state index in [4.69, 9.17) is 0 Å². The predicted molar refractivity (Wildman–Crippen MR) is 72.4 cm³/mol. The van der Waals surface area contributed by atoms with Crippen LogP contribution in [0.4, 0.5) is 0 Å². The first-order valence-corrected chi connectivity index (χ1v) is 7.19. The van der Waals surface area contributed by atoms with Crippen LogP contribution in [0.3, 0.4) is 0 Å². The summed E-state index contributed by atoms with van der Waals surface area (Å²) < 4.78 is 0. The molecule has 4 nitrogen and oxygen atoms in total. The van der Waals surface area contributed by atoms with Crippen LogP contribution in [0.2, 0.25) is 0 Å². The first kappa shape index (κ1) is 13.3. The van der Waals surface area contributed by atoms with E-state index in [2.05, 4.69) is 27.5 Å². The Kier molecular flexibility index (Phi) is 5.71. The van der Waals surface area contributed by atoms with Gasteiger partial charge in [-0.2, -0.15) is 0 Å². The first-order chi connectivity index (χ1) is 8.34. The van der Waals surface area contributed by atoms with Crippen LogP contribution in [-0.4, -0.2) is 75.2 Å². The van der Waals surface area contributed by atoms with Crippen molar-refractivity contribution in [2.45, 2.75) is 25.3 Å². The van der Waals surface area contributed by atoms with Crippen molar-refractivity contribution in [1.29, 1.82) is 0 Å². The molecule has 0 aromatic rings. The fourth-order valence-electron chi connectivity index (χ4n) is 2.72. The number of rotatable bonds is 4. The Bertz CT molecular complexity index is 194. The van der Waals surface area contributed by atoms with Crippen LogP contribution in [0.1, 0.15) is 19.3 Å². The van der Waals surface area contributed by atoms with Gasteiger partial charge in [0.2, 0.25) is 0 Å². The van der Waals surface area contributed by atoms with Crippen molar-refractivity contribution < 1.29 is 0 Å². The summed E-state index contributed by atoms with van der Waals surface area (Å²) in [6, 6.07) is 0.748. The Balaban J connectivity index is 1.55. The lowest BCUT2D eigenvalue weighted by Crippen LogP contribution is -2.47. The largest absolute Gasteiger partial charge is 0.317 e. The maximum Gasteiger partial charge on any atom is 0.0110 e. The fourth-order valence-corrected chi connectivity index (χ4v) is 2.72. The summed E-state index contributed by atoms with van der Waals surface area (Å²) >= 11 is 0. The van der Waals surface area contributed by atoms with Gasteiger partial charge in [-0.1, -0.05) is 0 Å². The molecular formula is C13H28N4. The molecule has 4 heteroatoms. The van der Waals surface area contributed by atoms with E-state index in [0.29, 0.717) is 0 Å². The second-order valence-corrected chi connectivity index (χ2v) is 5.48. The second kappa shape index (κ2) is 7.31. The van der Waals surface area contributed by atoms with Crippen molar-refractivity contribution in [3.8, 4) is 0 Å². The Morgan fingerprint density at radius 1 is 1.12 bits per heavy atom. The molecular weight excluding hydrogens is 212 g/mol. The number of nitrogens with zero attached hydrogens (tertiary/aromatic N) is 2. The van der Waals surface area contributed by atoms with E-state index in [9.17, 15) is 0 Å². The zero-order valence-corrected chi connectivity index (χ0v) is 11.2. The van der Waals surface area contributed by atoms with E-state index in [1.807, 2.05) is 0 Å². The lowest BCUT2D eigenvalue weighted by Gasteiger charge is -2.32. The van der Waals surface area contributed by atoms with Crippen LogP contribution in [0.5, 0.6) is 0 Å². The van der Waals surface area contributed by atoms with Crippen molar-refractivity contribution >= 4 is 0 Å². The molecule has 0 saturated carbocycles. The third-order valence-corrected chi connectivity index (χ3v) is 4.03. The SMILES string of the molecule is CN1CCN(CCNC2CCCNCC2)CC1. The first-order valence-electron chi connectivity index (χ1n) is 7.19. The summed E-state index contributed by atoms with van der Waals surface area (Å²) in [5.74, 6) is 0. The van der Waals surface area contributed by atoms with Crippen molar-refractivity contribution in [2.75, 3.05) is 59.4 Å². The quantitative estimate of drug-likeness (QED) is 0.722. The molecule has 0 amide bonds. The highest BCUT2D eigenvalue weighted by atomic mass is 15.2. The molecule has 1 unspecified atom stereocenters. The van der Waals surface area contributed by atoms with Gasteiger partial charge in [0.15, 0.2) is 0 Å². The minimum atomic E-state index is 0.748. The molecule has 0 spiro atoms. The number of hydrogen-bond donors (Lipinski definition) is 2. The highest BCUT2D eigenvalue weighted by Gasteiger charge is 2.14. The summed E-state index contributed by atoms with van der Waals surface area (Å²) in [5.41, 5.74) is 0. The molecule has 100 valence electrons. The molecule has 0 radical (unpaired) electrons. The molecule has 0 bridgehead atoms. The number of nitrogens with one attached hydrogen (secondary N) is 2. The van der Waals surface area contributed by atoms with Gasteiger partial charge in [-0.15, -0.1) is 0 Å². The Labute approximate surface area is 106 Å². The van der Waals surface area contributed by atoms with Gasteiger partial charge < -0.3 is 15.5 Å². The molecule has 0 aromatic heterocycles. The van der Waals surface area contributed by atoms with E-state index < -0.39 is 0 Å². The average molecular weight is 240 g/mol. The Morgan fingerprint density at radius 3 is 2.76 bits per heavy atom. The molecule has 2 saturated heterocycles. The fraction of sp³-hybridized carbons (Fsp3) is 1.00. The van der Waals surface area contributed by atoms with Crippen molar-refractivity contribution in [3.63, 3.8) is 0 Å². The van der Waals surface area contributed by atoms with Crippen LogP contribution < -0.4 is 10.6 Å². The topological polar surface area (TPSA) is 30.5 Å². The second-order valence-electron chi connectivity index (χ2n) is 5.48. The van der Waals surface area contributed by atoms with Gasteiger partial charge in [0.25, 0.3) is 0 Å². The van der Waals surface area contributed by atoms with Crippen molar-refractivity contribution in [3.05, 3.63) is 0 Å². The molecule has 1 atom stereocenters. The lowest BCUT2D eigenvalue weighted by atomic mass is 10.1. The number of hydrogen-bond acceptors (Lipinski definition) is 4. The summed E-state index contributed by atoms with van der Waals surface area (Å²) in [6.45, 7) is 9.71. The van der Waals surface area contributed by atoms with Gasteiger partial charge in [-0.05, 0) is 39.4 Å². The van der Waals surface area contributed by atoms with Crippen molar-refractivity contribution in [1.82, 2.24) is 20.4 Å². The minimum absolute atomic E-state index is 0.748. The highest BCUT2D eigenvalue weighted by Crippen LogP contribution is 2.04. The summed E-state index contributed by atoms with van der Waals surface area (Å²) in [5, 5.41) is 7.19. The predicted octanol–water partition coefficient (Wildman–Crippen LogP) is -0.0345. The van der Waals surface area contributed by atoms with E-state index in [1.54, 1.807) is 0 Å². The normalized spacial score (nSPS) is 29.1. The smallest absolute Gasteiger partial charge is 0.0110 e. The van der Waals surface area contributed by atoms with Crippen LogP contribution in [0.25, 0.3) is 0 Å². The minimum Gasteiger partial charge on any atom is -0.317 e. The van der Waals surface area contributed by atoms with Gasteiger partial charge in [0, 0.05) is 45.3 Å². The van der Waals surface area contributed by atoms with Crippen molar-refractivity contribution in [2.24, 2.45) is 0 Å². The molecule has 2 heterocycles. The van der Waals surface area contributed by atoms with Gasteiger partial charge >= 0.3 is 0 Å². The molecule has 2 rings (SSSR count). The van der Waals surface area contributed by atoms with Crippen LogP contribution in [0, 0.1) is 0 Å². The molecule has 17 heavy (non-hydrogen) atoms. The van der Waals surface area contributed by atoms with Gasteiger partial charge in [0.05, 0.1) is 0 Å². The van der Waals surface area contributed by atoms with Gasteiger partial charge in [-0.25, -0.2) is 0 Å². The maximum atomic E-state index is 3.72. The third-order valence-electron chi connectivity index (χ3n) is 4.03. The summed E-state index contributed by atoms with van der Waals surface area (Å²) in [4.78, 5) is 5.00. The molecule has 2 N–H and O–H groups in total. The molecule has 2 aliphatic rings. The number of likely N-dealkylation sites (N-methyl/N-ethyl adjacent to an activating group) is 1. The molecule has 0 aromatic carbocycles. The van der Waals surface area contributed by atoms with Crippen LogP contribution >= 0.6 is 0 Å². The maximum absolute atomic E-state index is 3.72. The molecule has 2 aliphatic heterocycles. The monoisotopic (exact) mass is 240 g/mol. The zero-order valence-electron chi connectivity index (χ0n) is 11.2. The molecule has 2 fully saturated rings. The van der Waals surface area contributed by atoms with E-state index in [0.717, 1.165) is 12.6 Å². The third kappa shape index (κ3) is 4.92. The van der Waals surface area contributed by atoms with E-state index in [1.165, 1.54) is 65.1 Å². The summed E-state index contributed by atoms with van der Waals surface area (Å²) in [6.07, 6.45) is 3.96. The lowest BCUT2D eigenvalue weighted by molar-refractivity contribution is 0.153. The standard InChI is InChI=1S/C13H28N4/c1-16-9-11-17(12-10-16)8-7-15-13-3-2-5-14-6-4-13/h13-15H,2-12H2,1H3. The highest BCUT2D eigenvalue weighted by molar-refractivity contribution is 4.74. The van der Waals surface area contributed by atoms with Gasteiger partial charge in [0.1, 0.15) is 0 Å². The summed E-state index contributed by atoms with van der Waals surface area (Å²) in [7, 11) is 2.22. The van der Waals surface area contributed by atoms with Crippen LogP contribution in [-0.2, 0) is 0 Å². The molecule has 0 aliphatic carbocycles. The zero-order chi connectivity index (χ0) is 11.9. The Morgan fingerprint density at radius 2 is 1.94 bits per heavy atom. The van der Waals surface area contributed by atoms with Gasteiger partial charge in [-0.3, -0.25) is 4.90 Å². The number of piperazine rings is 1. The average Bonchev–Trinajstić information content (AvgIpc) is 2.60. The van der Waals surface area contributed by atoms with E-state index in [-0.39, 0.29) is 0 Å². The van der Waals surface area contributed by atoms with E-state index >= 15 is 0 Å². The van der Waals surface area contributed by atoms with Crippen LogP contribution in [0.15, 0.2) is 0 Å².